The van der Waals surface area contributed by atoms with Gasteiger partial charge in [0, 0.05) is 42.7 Å². The molecule has 15 heteroatoms. The molecule has 0 saturated heterocycles. The van der Waals surface area contributed by atoms with Crippen LogP contribution in [0.25, 0.3) is 22.5 Å². The number of urea groups is 1. The highest BCUT2D eigenvalue weighted by molar-refractivity contribution is 6.31. The molecule has 0 aliphatic heterocycles. The topological polar surface area (TPSA) is 113 Å². The highest BCUT2D eigenvalue weighted by atomic mass is 35.5. The number of benzene rings is 1. The van der Waals surface area contributed by atoms with Crippen molar-refractivity contribution in [2.45, 2.75) is 39.3 Å². The van der Waals surface area contributed by atoms with Gasteiger partial charge in [0.1, 0.15) is 11.6 Å². The minimum atomic E-state index is -5.15. The molecule has 3 rings (SSSR count). The van der Waals surface area contributed by atoms with Gasteiger partial charge in [-0.3, -0.25) is 15.2 Å². The zero-order valence-electron chi connectivity index (χ0n) is 20.3. The molecule has 0 aliphatic carbocycles. The lowest BCUT2D eigenvalue weighted by Gasteiger charge is -2.23. The van der Waals surface area contributed by atoms with Crippen LogP contribution in [0.2, 0.25) is 5.02 Å². The fourth-order valence-electron chi connectivity index (χ4n) is 3.47. The third kappa shape index (κ3) is 6.73. The van der Waals surface area contributed by atoms with Crippen LogP contribution in [-0.2, 0) is 4.79 Å². The van der Waals surface area contributed by atoms with Gasteiger partial charge in [-0.25, -0.2) is 18.6 Å². The summed E-state index contributed by atoms with van der Waals surface area (Å²) in [6.07, 6.45) is -3.67. The predicted molar refractivity (Wildman–Crippen MR) is 126 cm³/mol. The molecule has 0 fully saturated rings. The number of nitrogens with one attached hydrogen (secondary N) is 2. The van der Waals surface area contributed by atoms with Gasteiger partial charge < -0.3 is 9.84 Å². The smallest absolute Gasteiger partial charge is 0.339 e. The summed E-state index contributed by atoms with van der Waals surface area (Å²) >= 11 is 6.02. The molecule has 2 heterocycles. The number of pyridine rings is 1. The summed E-state index contributed by atoms with van der Waals surface area (Å²) in [6, 6.07) is 2.66. The molecule has 0 spiro atoms. The largest absolute Gasteiger partial charge is 0.472 e. The third-order valence-corrected chi connectivity index (χ3v) is 5.58. The molecule has 1 unspecified atom stereocenters. The number of hydrogen-bond donors (Lipinski definition) is 2. The van der Waals surface area contributed by atoms with Crippen LogP contribution < -0.4 is 10.7 Å². The number of hydrazine groups is 1. The molecule has 3 amide bonds. The number of hydrogen-bond acceptors (Lipinski definition) is 6. The van der Waals surface area contributed by atoms with Crippen molar-refractivity contribution in [2.75, 3.05) is 13.1 Å². The molecule has 2 aromatic heterocycles. The number of amides is 3. The first-order valence-corrected chi connectivity index (χ1v) is 11.6. The lowest BCUT2D eigenvalue weighted by atomic mass is 9.97. The Kier molecular flexibility index (Phi) is 8.86. The Morgan fingerprint density at radius 2 is 1.89 bits per heavy atom. The standard InChI is InChI=1S/C23H22ClF5N6O3/c1-4-35(33-21(36)23(27,28)29)22(37)30-6-5-11(2)19-17(26)7-13(10-31-19)15-8-14(24)9-16(25)18(15)20-32-12(3)38-34-20/h7-11H,4-6H2,1-3H3,(H,30,37)(H,33,36). The van der Waals surface area contributed by atoms with E-state index in [9.17, 15) is 27.2 Å². The minimum Gasteiger partial charge on any atom is -0.339 e. The molecule has 1 aromatic carbocycles. The Morgan fingerprint density at radius 3 is 2.47 bits per heavy atom. The third-order valence-electron chi connectivity index (χ3n) is 5.36. The lowest BCUT2D eigenvalue weighted by Crippen LogP contribution is -2.54. The fraction of sp³-hybridized carbons (Fsp3) is 0.348. The summed E-state index contributed by atoms with van der Waals surface area (Å²) in [5.41, 5.74) is 1.85. The summed E-state index contributed by atoms with van der Waals surface area (Å²) < 4.78 is 72.1. The summed E-state index contributed by atoms with van der Waals surface area (Å²) in [5, 5.41) is 6.62. The van der Waals surface area contributed by atoms with Crippen molar-refractivity contribution in [3.63, 3.8) is 0 Å². The molecule has 2 N–H and O–H groups in total. The molecular weight excluding hydrogens is 539 g/mol. The van der Waals surface area contributed by atoms with E-state index in [1.165, 1.54) is 31.5 Å². The summed E-state index contributed by atoms with van der Waals surface area (Å²) in [4.78, 5) is 31.4. The van der Waals surface area contributed by atoms with Crippen LogP contribution in [0.1, 0.15) is 37.8 Å². The zero-order valence-corrected chi connectivity index (χ0v) is 21.0. The maximum Gasteiger partial charge on any atom is 0.472 e. The molecule has 38 heavy (non-hydrogen) atoms. The number of carbonyl (C=O) groups excluding carboxylic acids is 2. The van der Waals surface area contributed by atoms with Gasteiger partial charge in [0.2, 0.25) is 11.7 Å². The second-order valence-corrected chi connectivity index (χ2v) is 8.58. The van der Waals surface area contributed by atoms with Crippen LogP contribution >= 0.6 is 11.6 Å². The minimum absolute atomic E-state index is 0.0418. The average molecular weight is 561 g/mol. The molecule has 9 nitrogen and oxygen atoms in total. The van der Waals surface area contributed by atoms with E-state index in [4.69, 9.17) is 16.1 Å². The maximum absolute atomic E-state index is 15.1. The summed E-state index contributed by atoms with van der Waals surface area (Å²) in [7, 11) is 0. The van der Waals surface area contributed by atoms with E-state index in [0.29, 0.717) is 5.01 Å². The molecule has 3 aromatic rings. The van der Waals surface area contributed by atoms with Crippen LogP contribution in [0, 0.1) is 18.6 Å². The molecule has 0 radical (unpaired) electrons. The van der Waals surface area contributed by atoms with E-state index < -0.39 is 35.7 Å². The molecule has 204 valence electrons. The lowest BCUT2D eigenvalue weighted by molar-refractivity contribution is -0.177. The van der Waals surface area contributed by atoms with Gasteiger partial charge in [0.05, 0.1) is 11.3 Å². The van der Waals surface area contributed by atoms with Crippen molar-refractivity contribution in [1.82, 2.24) is 30.9 Å². The number of nitrogens with zero attached hydrogens (tertiary/aromatic N) is 4. The zero-order chi connectivity index (χ0) is 28.2. The van der Waals surface area contributed by atoms with Gasteiger partial charge >= 0.3 is 18.1 Å². The number of halogens is 6. The first kappa shape index (κ1) is 28.8. The highest BCUT2D eigenvalue weighted by Gasteiger charge is 2.40. The van der Waals surface area contributed by atoms with Gasteiger partial charge in [0.15, 0.2) is 0 Å². The van der Waals surface area contributed by atoms with Crippen LogP contribution in [0.5, 0.6) is 0 Å². The molecule has 0 saturated carbocycles. The van der Waals surface area contributed by atoms with Gasteiger partial charge in [-0.1, -0.05) is 23.7 Å². The van der Waals surface area contributed by atoms with E-state index >= 15 is 4.39 Å². The van der Waals surface area contributed by atoms with Crippen LogP contribution in [0.15, 0.2) is 28.9 Å². The predicted octanol–water partition coefficient (Wildman–Crippen LogP) is 5.16. The normalized spacial score (nSPS) is 12.2. The fourth-order valence-corrected chi connectivity index (χ4v) is 3.68. The van der Waals surface area contributed by atoms with E-state index in [1.807, 2.05) is 0 Å². The van der Waals surface area contributed by atoms with E-state index in [-0.39, 0.29) is 58.6 Å². The average Bonchev–Trinajstić information content (AvgIpc) is 3.26. The van der Waals surface area contributed by atoms with Gasteiger partial charge in [-0.05, 0) is 37.1 Å². The summed E-state index contributed by atoms with van der Waals surface area (Å²) in [5.74, 6) is -4.12. The first-order valence-electron chi connectivity index (χ1n) is 11.2. The number of alkyl halides is 3. The Hall–Kier alpha value is -3.81. The summed E-state index contributed by atoms with van der Waals surface area (Å²) in [6.45, 7) is 4.25. The monoisotopic (exact) mass is 560 g/mol. The Morgan fingerprint density at radius 1 is 1.18 bits per heavy atom. The maximum atomic E-state index is 15.1. The number of carbonyl (C=O) groups is 2. The van der Waals surface area contributed by atoms with Crippen molar-refractivity contribution in [3.8, 4) is 22.5 Å². The van der Waals surface area contributed by atoms with Crippen LogP contribution in [-0.4, -0.2) is 51.3 Å². The quantitative estimate of drug-likeness (QED) is 0.305. The van der Waals surface area contributed by atoms with Crippen molar-refractivity contribution in [1.29, 1.82) is 0 Å². The van der Waals surface area contributed by atoms with Crippen molar-refractivity contribution < 1.29 is 36.1 Å². The molecule has 1 atom stereocenters. The second-order valence-electron chi connectivity index (χ2n) is 8.14. The molecule has 0 bridgehead atoms. The van der Waals surface area contributed by atoms with E-state index in [0.717, 1.165) is 12.1 Å². The number of aryl methyl sites for hydroxylation is 1. The Bertz CT molecular complexity index is 1330. The SMILES string of the molecule is CCN(NC(=O)C(F)(F)F)C(=O)NCCC(C)c1ncc(-c2cc(Cl)cc(F)c2-c2noc(C)n2)cc1F. The number of rotatable bonds is 7. The molecule has 0 aliphatic rings. The van der Waals surface area contributed by atoms with Crippen LogP contribution in [0.3, 0.4) is 0 Å². The van der Waals surface area contributed by atoms with Gasteiger partial charge in [-0.15, -0.1) is 0 Å². The Labute approximate surface area is 218 Å². The van der Waals surface area contributed by atoms with E-state index in [1.54, 1.807) is 6.92 Å². The molecular formula is C23H22ClF5N6O3. The van der Waals surface area contributed by atoms with Crippen molar-refractivity contribution in [2.24, 2.45) is 0 Å². The van der Waals surface area contributed by atoms with Crippen molar-refractivity contribution in [3.05, 3.63) is 52.6 Å². The highest BCUT2D eigenvalue weighted by Crippen LogP contribution is 2.36. The van der Waals surface area contributed by atoms with Crippen LogP contribution in [0.4, 0.5) is 26.7 Å². The number of aromatic nitrogens is 3. The second kappa shape index (κ2) is 11.7. The van der Waals surface area contributed by atoms with Gasteiger partial charge in [-0.2, -0.15) is 18.2 Å². The Balaban J connectivity index is 1.72. The van der Waals surface area contributed by atoms with E-state index in [2.05, 4.69) is 20.4 Å². The van der Waals surface area contributed by atoms with Crippen molar-refractivity contribution >= 4 is 23.5 Å². The van der Waals surface area contributed by atoms with Gasteiger partial charge in [0.25, 0.3) is 0 Å². The first-order chi connectivity index (χ1) is 17.8.